The highest BCUT2D eigenvalue weighted by molar-refractivity contribution is 4.82. The lowest BCUT2D eigenvalue weighted by atomic mass is 9.74. The van der Waals surface area contributed by atoms with Gasteiger partial charge in [0.05, 0.1) is 13.2 Å². The van der Waals surface area contributed by atoms with Gasteiger partial charge < -0.3 is 9.47 Å². The maximum absolute atomic E-state index is 5.37. The Bertz CT molecular complexity index is 137. The predicted molar refractivity (Wildman–Crippen MR) is 65.2 cm³/mol. The van der Waals surface area contributed by atoms with Crippen molar-refractivity contribution in [3.8, 4) is 0 Å². The van der Waals surface area contributed by atoms with Gasteiger partial charge in [0, 0.05) is 19.6 Å². The third-order valence-electron chi connectivity index (χ3n) is 3.37. The summed E-state index contributed by atoms with van der Waals surface area (Å²) in [5.74, 6) is 0.606. The van der Waals surface area contributed by atoms with E-state index in [0.29, 0.717) is 5.92 Å². The molecule has 0 aromatic heterocycles. The molecule has 0 fully saturated rings. The Labute approximate surface area is 95.3 Å². The van der Waals surface area contributed by atoms with Gasteiger partial charge >= 0.3 is 0 Å². The first-order chi connectivity index (χ1) is 7.13. The molecule has 0 radical (unpaired) electrons. The number of ether oxygens (including phenoxy) is 2. The van der Waals surface area contributed by atoms with E-state index in [1.165, 1.54) is 25.7 Å². The first kappa shape index (κ1) is 14.9. The maximum Gasteiger partial charge on any atom is 0.0543 e. The second-order valence-corrected chi connectivity index (χ2v) is 4.84. The van der Waals surface area contributed by atoms with Gasteiger partial charge in [-0.1, -0.05) is 40.0 Å². The van der Waals surface area contributed by atoms with Gasteiger partial charge in [-0.2, -0.15) is 0 Å². The Hall–Kier alpha value is -0.0800. The molecule has 0 aromatic rings. The molecular weight excluding hydrogens is 188 g/mol. The van der Waals surface area contributed by atoms with Gasteiger partial charge in [-0.15, -0.1) is 0 Å². The SMILES string of the molecule is CCCCCC(COC)(COC)C(C)C. The average molecular weight is 216 g/mol. The Morgan fingerprint density at radius 1 is 1.00 bits per heavy atom. The summed E-state index contributed by atoms with van der Waals surface area (Å²) < 4.78 is 10.7. The number of hydrogen-bond donors (Lipinski definition) is 0. The Balaban J connectivity index is 4.33. The van der Waals surface area contributed by atoms with Crippen LogP contribution in [-0.4, -0.2) is 27.4 Å². The standard InChI is InChI=1S/C13H28O2/c1-6-7-8-9-13(10-14-4,11-15-5)12(2)3/h12H,6-11H2,1-5H3. The average Bonchev–Trinajstić information content (AvgIpc) is 2.18. The Morgan fingerprint density at radius 2 is 1.53 bits per heavy atom. The number of unbranched alkanes of at least 4 members (excludes halogenated alkanes) is 2. The quantitative estimate of drug-likeness (QED) is 0.549. The fourth-order valence-corrected chi connectivity index (χ4v) is 2.11. The molecule has 0 bridgehead atoms. The summed E-state index contributed by atoms with van der Waals surface area (Å²) in [6.45, 7) is 8.39. The lowest BCUT2D eigenvalue weighted by molar-refractivity contribution is -0.0276. The van der Waals surface area contributed by atoms with Crippen molar-refractivity contribution in [1.82, 2.24) is 0 Å². The van der Waals surface area contributed by atoms with E-state index in [2.05, 4.69) is 20.8 Å². The zero-order valence-corrected chi connectivity index (χ0v) is 11.1. The summed E-state index contributed by atoms with van der Waals surface area (Å²) in [5.41, 5.74) is 0.207. The van der Waals surface area contributed by atoms with Gasteiger partial charge in [-0.3, -0.25) is 0 Å². The zero-order chi connectivity index (χ0) is 11.7. The molecule has 0 amide bonds. The molecule has 2 nitrogen and oxygen atoms in total. The van der Waals surface area contributed by atoms with E-state index in [4.69, 9.17) is 9.47 Å². The zero-order valence-electron chi connectivity index (χ0n) is 11.1. The monoisotopic (exact) mass is 216 g/mol. The van der Waals surface area contributed by atoms with Gasteiger partial charge in [0.25, 0.3) is 0 Å². The minimum atomic E-state index is 0.207. The smallest absolute Gasteiger partial charge is 0.0543 e. The highest BCUT2D eigenvalue weighted by Gasteiger charge is 2.33. The van der Waals surface area contributed by atoms with Gasteiger partial charge in [0.1, 0.15) is 0 Å². The lowest BCUT2D eigenvalue weighted by Gasteiger charge is -2.36. The molecule has 0 aliphatic heterocycles. The molecule has 0 saturated carbocycles. The summed E-state index contributed by atoms with van der Waals surface area (Å²) in [7, 11) is 3.57. The van der Waals surface area contributed by atoms with E-state index in [1.807, 2.05) is 0 Å². The van der Waals surface area contributed by atoms with Crippen LogP contribution in [0.1, 0.15) is 46.5 Å². The molecule has 0 rings (SSSR count). The van der Waals surface area contributed by atoms with E-state index in [1.54, 1.807) is 14.2 Å². The minimum Gasteiger partial charge on any atom is -0.384 e. The lowest BCUT2D eigenvalue weighted by Crippen LogP contribution is -2.37. The van der Waals surface area contributed by atoms with Gasteiger partial charge in [-0.25, -0.2) is 0 Å². The molecule has 15 heavy (non-hydrogen) atoms. The number of hydrogen-bond acceptors (Lipinski definition) is 2. The molecule has 0 aliphatic rings. The van der Waals surface area contributed by atoms with Crippen LogP contribution in [0.3, 0.4) is 0 Å². The minimum absolute atomic E-state index is 0.207. The summed E-state index contributed by atoms with van der Waals surface area (Å²) in [4.78, 5) is 0. The molecule has 92 valence electrons. The van der Waals surface area contributed by atoms with Gasteiger partial charge in [0.15, 0.2) is 0 Å². The van der Waals surface area contributed by atoms with Crippen LogP contribution < -0.4 is 0 Å². The summed E-state index contributed by atoms with van der Waals surface area (Å²) >= 11 is 0. The molecule has 2 heteroatoms. The summed E-state index contributed by atoms with van der Waals surface area (Å²) in [5, 5.41) is 0. The van der Waals surface area contributed by atoms with Crippen LogP contribution in [0.5, 0.6) is 0 Å². The largest absolute Gasteiger partial charge is 0.384 e. The highest BCUT2D eigenvalue weighted by atomic mass is 16.5. The van der Waals surface area contributed by atoms with E-state index in [-0.39, 0.29) is 5.41 Å². The first-order valence-electron chi connectivity index (χ1n) is 6.10. The van der Waals surface area contributed by atoms with Crippen LogP contribution in [0.15, 0.2) is 0 Å². The van der Waals surface area contributed by atoms with Gasteiger partial charge in [-0.05, 0) is 12.3 Å². The topological polar surface area (TPSA) is 18.5 Å². The molecule has 0 N–H and O–H groups in total. The molecule has 0 unspecified atom stereocenters. The van der Waals surface area contributed by atoms with Crippen LogP contribution in [0, 0.1) is 11.3 Å². The van der Waals surface area contributed by atoms with E-state index in [9.17, 15) is 0 Å². The van der Waals surface area contributed by atoms with Gasteiger partial charge in [0.2, 0.25) is 0 Å². The van der Waals surface area contributed by atoms with Crippen LogP contribution in [0.25, 0.3) is 0 Å². The molecule has 0 spiro atoms. The van der Waals surface area contributed by atoms with Crippen molar-refractivity contribution < 1.29 is 9.47 Å². The van der Waals surface area contributed by atoms with Crippen LogP contribution in [0.4, 0.5) is 0 Å². The second-order valence-electron chi connectivity index (χ2n) is 4.84. The van der Waals surface area contributed by atoms with Crippen LogP contribution in [0.2, 0.25) is 0 Å². The van der Waals surface area contributed by atoms with Crippen LogP contribution >= 0.6 is 0 Å². The van der Waals surface area contributed by atoms with Crippen molar-refractivity contribution in [2.75, 3.05) is 27.4 Å². The Morgan fingerprint density at radius 3 is 1.87 bits per heavy atom. The highest BCUT2D eigenvalue weighted by Crippen LogP contribution is 2.34. The van der Waals surface area contributed by atoms with Crippen LogP contribution in [-0.2, 0) is 9.47 Å². The first-order valence-corrected chi connectivity index (χ1v) is 6.10. The molecule has 0 aromatic carbocycles. The molecule has 0 atom stereocenters. The summed E-state index contributed by atoms with van der Waals surface area (Å²) in [6, 6.07) is 0. The van der Waals surface area contributed by atoms with E-state index < -0.39 is 0 Å². The Kier molecular flexibility index (Phi) is 8.07. The van der Waals surface area contributed by atoms with Crippen molar-refractivity contribution in [1.29, 1.82) is 0 Å². The second kappa shape index (κ2) is 8.12. The van der Waals surface area contributed by atoms with E-state index >= 15 is 0 Å². The fourth-order valence-electron chi connectivity index (χ4n) is 2.11. The van der Waals surface area contributed by atoms with Crippen molar-refractivity contribution >= 4 is 0 Å². The molecule has 0 aliphatic carbocycles. The molecule has 0 heterocycles. The van der Waals surface area contributed by atoms with Crippen molar-refractivity contribution in [3.63, 3.8) is 0 Å². The van der Waals surface area contributed by atoms with Crippen molar-refractivity contribution in [3.05, 3.63) is 0 Å². The number of methoxy groups -OCH3 is 2. The number of rotatable bonds is 9. The normalized spacial score (nSPS) is 12.4. The molecule has 0 saturated heterocycles. The third kappa shape index (κ3) is 4.98. The predicted octanol–water partition coefficient (Wildman–Crippen LogP) is 3.50. The maximum atomic E-state index is 5.37. The molecular formula is C13H28O2. The van der Waals surface area contributed by atoms with Crippen molar-refractivity contribution in [2.24, 2.45) is 11.3 Å². The van der Waals surface area contributed by atoms with E-state index in [0.717, 1.165) is 13.2 Å². The van der Waals surface area contributed by atoms with Crippen molar-refractivity contribution in [2.45, 2.75) is 46.5 Å². The third-order valence-corrected chi connectivity index (χ3v) is 3.37. The summed E-state index contributed by atoms with van der Waals surface area (Å²) in [6.07, 6.45) is 5.07. The fraction of sp³-hybridized carbons (Fsp3) is 1.00.